The van der Waals surface area contributed by atoms with Gasteiger partial charge >= 0.3 is 12.1 Å². The summed E-state index contributed by atoms with van der Waals surface area (Å²) in [4.78, 5) is 24.2. The highest BCUT2D eigenvalue weighted by Gasteiger charge is 2.30. The lowest BCUT2D eigenvalue weighted by molar-refractivity contribution is -0.145. The van der Waals surface area contributed by atoms with Gasteiger partial charge in [0, 0.05) is 6.42 Å². The first kappa shape index (κ1) is 21.0. The van der Waals surface area contributed by atoms with Gasteiger partial charge in [0.05, 0.1) is 30.7 Å². The van der Waals surface area contributed by atoms with Crippen LogP contribution in [0.5, 0.6) is 0 Å². The number of halogens is 3. The van der Waals surface area contributed by atoms with Crippen molar-refractivity contribution in [2.24, 2.45) is 0 Å². The van der Waals surface area contributed by atoms with E-state index in [2.05, 4.69) is 5.32 Å². The minimum absolute atomic E-state index is 0.112. The quantitative estimate of drug-likeness (QED) is 0.769. The Morgan fingerprint density at radius 3 is 2.39 bits per heavy atom. The lowest BCUT2D eigenvalue weighted by Gasteiger charge is -2.17. The lowest BCUT2D eigenvalue weighted by Crippen LogP contribution is -2.43. The van der Waals surface area contributed by atoms with E-state index in [0.29, 0.717) is 16.7 Å². The van der Waals surface area contributed by atoms with Gasteiger partial charge < -0.3 is 10.1 Å². The Kier molecular flexibility index (Phi) is 6.77. The zero-order valence-corrected chi connectivity index (χ0v) is 14.9. The normalized spacial score (nSPS) is 12.0. The number of amides is 1. The van der Waals surface area contributed by atoms with Crippen LogP contribution >= 0.6 is 0 Å². The highest BCUT2D eigenvalue weighted by molar-refractivity contribution is 5.85. The molecule has 2 aromatic rings. The first-order valence-corrected chi connectivity index (χ1v) is 8.25. The highest BCUT2D eigenvalue weighted by Crippen LogP contribution is 2.29. The summed E-state index contributed by atoms with van der Waals surface area (Å²) >= 11 is 0. The number of esters is 1. The fraction of sp³-hybridized carbons (Fsp3) is 0.250. The molecule has 0 radical (unpaired) electrons. The number of hydrogen-bond acceptors (Lipinski definition) is 4. The van der Waals surface area contributed by atoms with Crippen molar-refractivity contribution in [1.29, 1.82) is 5.26 Å². The molecule has 28 heavy (non-hydrogen) atoms. The van der Waals surface area contributed by atoms with Crippen LogP contribution in [0.15, 0.2) is 48.5 Å². The second-order valence-corrected chi connectivity index (χ2v) is 6.03. The van der Waals surface area contributed by atoms with Crippen LogP contribution in [0.3, 0.4) is 0 Å². The number of carbonyl (C=O) groups is 2. The van der Waals surface area contributed by atoms with E-state index >= 15 is 0 Å². The van der Waals surface area contributed by atoms with Gasteiger partial charge in [0.1, 0.15) is 6.04 Å². The molecule has 0 aromatic heterocycles. The first-order valence-electron chi connectivity index (χ1n) is 8.25. The van der Waals surface area contributed by atoms with Crippen LogP contribution in [0.4, 0.5) is 13.2 Å². The number of nitriles is 1. The minimum atomic E-state index is -4.45. The molecule has 2 rings (SSSR count). The van der Waals surface area contributed by atoms with Crippen LogP contribution in [0.1, 0.15) is 22.3 Å². The lowest BCUT2D eigenvalue weighted by atomic mass is 10.0. The van der Waals surface area contributed by atoms with Gasteiger partial charge in [0.25, 0.3) is 0 Å². The zero-order valence-electron chi connectivity index (χ0n) is 14.9. The predicted octanol–water partition coefficient (Wildman–Crippen LogP) is 3.02. The summed E-state index contributed by atoms with van der Waals surface area (Å²) in [6, 6.07) is 11.8. The molecular weight excluding hydrogens is 373 g/mol. The number of ether oxygens (including phenoxy) is 1. The predicted molar refractivity (Wildman–Crippen MR) is 94.0 cm³/mol. The summed E-state index contributed by atoms with van der Waals surface area (Å²) < 4.78 is 42.5. The Balaban J connectivity index is 2.06. The van der Waals surface area contributed by atoms with Gasteiger partial charge in [0.2, 0.25) is 5.91 Å². The first-order chi connectivity index (χ1) is 13.2. The molecular formula is C20H17F3N2O3. The summed E-state index contributed by atoms with van der Waals surface area (Å²) in [5.74, 6) is -1.20. The second-order valence-electron chi connectivity index (χ2n) is 6.03. The maximum absolute atomic E-state index is 12.6. The molecule has 0 heterocycles. The van der Waals surface area contributed by atoms with Gasteiger partial charge in [-0.15, -0.1) is 0 Å². The van der Waals surface area contributed by atoms with Gasteiger partial charge in [0.15, 0.2) is 0 Å². The van der Waals surface area contributed by atoms with Gasteiger partial charge in [-0.05, 0) is 35.4 Å². The van der Waals surface area contributed by atoms with Gasteiger partial charge in [-0.1, -0.05) is 24.3 Å². The largest absolute Gasteiger partial charge is 0.467 e. The molecule has 0 unspecified atom stereocenters. The molecule has 1 atom stereocenters. The second kappa shape index (κ2) is 9.04. The molecule has 0 saturated carbocycles. The third-order valence-corrected chi connectivity index (χ3v) is 3.96. The number of benzene rings is 2. The fourth-order valence-electron chi connectivity index (χ4n) is 2.58. The molecule has 1 amide bonds. The van der Waals surface area contributed by atoms with E-state index in [1.807, 2.05) is 6.07 Å². The summed E-state index contributed by atoms with van der Waals surface area (Å²) in [7, 11) is 1.18. The molecule has 1 N–H and O–H groups in total. The van der Waals surface area contributed by atoms with E-state index in [-0.39, 0.29) is 12.8 Å². The monoisotopic (exact) mass is 390 g/mol. The van der Waals surface area contributed by atoms with Gasteiger partial charge in [-0.2, -0.15) is 18.4 Å². The molecule has 8 heteroatoms. The molecule has 5 nitrogen and oxygen atoms in total. The third kappa shape index (κ3) is 5.84. The van der Waals surface area contributed by atoms with Crippen LogP contribution < -0.4 is 5.32 Å². The maximum atomic E-state index is 12.6. The summed E-state index contributed by atoms with van der Waals surface area (Å²) in [6.07, 6.45) is -4.53. The van der Waals surface area contributed by atoms with E-state index in [1.54, 1.807) is 24.3 Å². The Bertz CT molecular complexity index is 887. The number of methoxy groups -OCH3 is 1. The average molecular weight is 390 g/mol. The number of rotatable bonds is 6. The van der Waals surface area contributed by atoms with Crippen LogP contribution in [0, 0.1) is 11.3 Å². The van der Waals surface area contributed by atoms with E-state index in [9.17, 15) is 22.8 Å². The molecule has 2 aromatic carbocycles. The third-order valence-electron chi connectivity index (χ3n) is 3.96. The molecule has 146 valence electrons. The summed E-state index contributed by atoms with van der Waals surface area (Å²) in [6.45, 7) is 0. The number of hydrogen-bond donors (Lipinski definition) is 1. The Hall–Kier alpha value is -3.34. The van der Waals surface area contributed by atoms with Crippen molar-refractivity contribution in [3.63, 3.8) is 0 Å². The maximum Gasteiger partial charge on any atom is 0.416 e. The molecule has 0 saturated heterocycles. The number of carbonyl (C=O) groups excluding carboxylic acids is 2. The van der Waals surface area contributed by atoms with Crippen molar-refractivity contribution < 1.29 is 27.5 Å². The van der Waals surface area contributed by atoms with Crippen molar-refractivity contribution in [2.45, 2.75) is 25.1 Å². The van der Waals surface area contributed by atoms with E-state index in [1.165, 1.54) is 19.2 Å². The van der Waals surface area contributed by atoms with Crippen LogP contribution in [-0.4, -0.2) is 25.0 Å². The van der Waals surface area contributed by atoms with Crippen molar-refractivity contribution in [3.05, 3.63) is 70.8 Å². The Morgan fingerprint density at radius 2 is 1.82 bits per heavy atom. The van der Waals surface area contributed by atoms with Crippen molar-refractivity contribution in [1.82, 2.24) is 5.32 Å². The number of nitrogens with zero attached hydrogens (tertiary/aromatic N) is 1. The van der Waals surface area contributed by atoms with Gasteiger partial charge in [-0.25, -0.2) is 4.79 Å². The van der Waals surface area contributed by atoms with E-state index in [0.717, 1.165) is 12.1 Å². The standard InChI is InChI=1S/C20H17F3N2O3/c1-28-19(27)17(10-14-3-2-4-15(9-14)12-24)25-18(26)11-13-5-7-16(8-6-13)20(21,22)23/h2-9,17H,10-11H2,1H3,(H,25,26)/t17-/m1/s1. The topological polar surface area (TPSA) is 79.2 Å². The fourth-order valence-corrected chi connectivity index (χ4v) is 2.58. The van der Waals surface area contributed by atoms with Crippen LogP contribution in [0.2, 0.25) is 0 Å². The summed E-state index contributed by atoms with van der Waals surface area (Å²) in [5.41, 5.74) is 0.642. The Labute approximate surface area is 159 Å². The average Bonchev–Trinajstić information content (AvgIpc) is 2.66. The van der Waals surface area contributed by atoms with Crippen molar-refractivity contribution in [3.8, 4) is 6.07 Å². The molecule has 0 fully saturated rings. The molecule has 0 aliphatic carbocycles. The molecule has 0 aliphatic rings. The van der Waals surface area contributed by atoms with E-state index in [4.69, 9.17) is 10.00 Å². The highest BCUT2D eigenvalue weighted by atomic mass is 19.4. The number of nitrogens with one attached hydrogen (secondary N) is 1. The van der Waals surface area contributed by atoms with Gasteiger partial charge in [-0.3, -0.25) is 4.79 Å². The molecule has 0 bridgehead atoms. The minimum Gasteiger partial charge on any atom is -0.467 e. The van der Waals surface area contributed by atoms with Crippen LogP contribution in [0.25, 0.3) is 0 Å². The van der Waals surface area contributed by atoms with E-state index < -0.39 is 29.7 Å². The van der Waals surface area contributed by atoms with Crippen molar-refractivity contribution >= 4 is 11.9 Å². The SMILES string of the molecule is COC(=O)[C@@H](Cc1cccc(C#N)c1)NC(=O)Cc1ccc(C(F)(F)F)cc1. The number of alkyl halides is 3. The van der Waals surface area contributed by atoms with Crippen molar-refractivity contribution in [2.75, 3.05) is 7.11 Å². The molecule has 0 aliphatic heterocycles. The summed E-state index contributed by atoms with van der Waals surface area (Å²) in [5, 5.41) is 11.5. The Morgan fingerprint density at radius 1 is 1.14 bits per heavy atom. The zero-order chi connectivity index (χ0) is 20.7. The smallest absolute Gasteiger partial charge is 0.416 e. The molecule has 0 spiro atoms. The van der Waals surface area contributed by atoms with Crippen LogP contribution in [-0.2, 0) is 33.3 Å².